The van der Waals surface area contributed by atoms with E-state index < -0.39 is 0 Å². The molecule has 0 aliphatic carbocycles. The molecule has 28 heavy (non-hydrogen) atoms. The third kappa shape index (κ3) is 2.99. The Kier molecular flexibility index (Phi) is 4.49. The average molecular weight is 378 g/mol. The summed E-state index contributed by atoms with van der Waals surface area (Å²) in [5.74, 6) is 0.898. The molecule has 3 aromatic rings. The zero-order valence-corrected chi connectivity index (χ0v) is 17.0. The van der Waals surface area contributed by atoms with Gasteiger partial charge in [0, 0.05) is 38.0 Å². The SMILES string of the molecule is Cc1cccc2c1C(Nc1cc(C(=O)N(C)C)cn3c(C)c(C)nc13)CCO2. The number of aryl methyl sites for hydroxylation is 3. The van der Waals surface area contributed by atoms with Gasteiger partial charge in [0.15, 0.2) is 5.65 Å². The second-order valence-electron chi connectivity index (χ2n) is 7.64. The van der Waals surface area contributed by atoms with E-state index in [1.807, 2.05) is 42.6 Å². The topological polar surface area (TPSA) is 58.9 Å². The van der Waals surface area contributed by atoms with Crippen LogP contribution in [-0.4, -0.2) is 40.9 Å². The molecule has 0 saturated carbocycles. The van der Waals surface area contributed by atoms with Gasteiger partial charge in [0.1, 0.15) is 5.75 Å². The van der Waals surface area contributed by atoms with Crippen LogP contribution in [-0.2, 0) is 0 Å². The lowest BCUT2D eigenvalue weighted by atomic mass is 9.95. The summed E-state index contributed by atoms with van der Waals surface area (Å²) >= 11 is 0. The Morgan fingerprint density at radius 3 is 2.82 bits per heavy atom. The van der Waals surface area contributed by atoms with Gasteiger partial charge in [-0.1, -0.05) is 12.1 Å². The van der Waals surface area contributed by atoms with E-state index in [4.69, 9.17) is 9.72 Å². The highest BCUT2D eigenvalue weighted by Crippen LogP contribution is 2.37. The Labute approximate surface area is 165 Å². The van der Waals surface area contributed by atoms with E-state index in [9.17, 15) is 4.79 Å². The molecular weight excluding hydrogens is 352 g/mol. The molecule has 2 aromatic heterocycles. The Balaban J connectivity index is 1.83. The molecule has 1 aromatic carbocycles. The number of rotatable bonds is 3. The molecule has 3 heterocycles. The fraction of sp³-hybridized carbons (Fsp3) is 0.364. The molecule has 146 valence electrons. The first kappa shape index (κ1) is 18.3. The molecule has 0 spiro atoms. The monoisotopic (exact) mass is 378 g/mol. The predicted octanol–water partition coefficient (Wildman–Crippen LogP) is 3.90. The maximum absolute atomic E-state index is 12.6. The van der Waals surface area contributed by atoms with E-state index in [-0.39, 0.29) is 11.9 Å². The Morgan fingerprint density at radius 1 is 1.29 bits per heavy atom. The Hall–Kier alpha value is -3.02. The number of hydrogen-bond donors (Lipinski definition) is 1. The molecule has 1 N–H and O–H groups in total. The summed E-state index contributed by atoms with van der Waals surface area (Å²) in [7, 11) is 3.54. The van der Waals surface area contributed by atoms with Gasteiger partial charge in [0.2, 0.25) is 0 Å². The fourth-order valence-electron chi connectivity index (χ4n) is 3.84. The van der Waals surface area contributed by atoms with Gasteiger partial charge < -0.3 is 19.4 Å². The predicted molar refractivity (Wildman–Crippen MR) is 110 cm³/mol. The van der Waals surface area contributed by atoms with E-state index >= 15 is 0 Å². The summed E-state index contributed by atoms with van der Waals surface area (Å²) < 4.78 is 7.86. The summed E-state index contributed by atoms with van der Waals surface area (Å²) in [6, 6.07) is 8.16. The lowest BCUT2D eigenvalue weighted by Gasteiger charge is -2.29. The Morgan fingerprint density at radius 2 is 2.07 bits per heavy atom. The third-order valence-corrected chi connectivity index (χ3v) is 5.48. The number of ether oxygens (including phenoxy) is 1. The number of anilines is 1. The maximum atomic E-state index is 12.6. The van der Waals surface area contributed by atoms with Crippen molar-refractivity contribution in [2.45, 2.75) is 33.2 Å². The standard InChI is InChI=1S/C22H26N4O2/c1-13-7-6-8-19-20(13)17(9-10-28-19)24-18-11-16(22(27)25(4)5)12-26-15(3)14(2)23-21(18)26/h6-8,11-12,17,24H,9-10H2,1-5H3. The van der Waals surface area contributed by atoms with E-state index in [0.29, 0.717) is 12.2 Å². The lowest BCUT2D eigenvalue weighted by molar-refractivity contribution is 0.0827. The minimum absolute atomic E-state index is 0.0285. The smallest absolute Gasteiger partial charge is 0.254 e. The van der Waals surface area contributed by atoms with Crippen molar-refractivity contribution in [2.75, 3.05) is 26.0 Å². The molecule has 6 nitrogen and oxygen atoms in total. The molecule has 0 radical (unpaired) electrons. The number of amides is 1. The van der Waals surface area contributed by atoms with E-state index in [0.717, 1.165) is 34.9 Å². The number of carbonyl (C=O) groups excluding carboxylic acids is 1. The van der Waals surface area contributed by atoms with Crippen LogP contribution in [0.5, 0.6) is 5.75 Å². The van der Waals surface area contributed by atoms with Crippen molar-refractivity contribution in [1.82, 2.24) is 14.3 Å². The highest BCUT2D eigenvalue weighted by atomic mass is 16.5. The van der Waals surface area contributed by atoms with E-state index in [2.05, 4.69) is 18.3 Å². The molecule has 0 bridgehead atoms. The Bertz CT molecular complexity index is 1070. The quantitative estimate of drug-likeness (QED) is 0.751. The molecule has 1 amide bonds. The minimum Gasteiger partial charge on any atom is -0.493 e. The number of carbonyl (C=O) groups is 1. The number of aromatic nitrogens is 2. The highest BCUT2D eigenvalue weighted by Gasteiger charge is 2.25. The largest absolute Gasteiger partial charge is 0.493 e. The van der Waals surface area contributed by atoms with Gasteiger partial charge >= 0.3 is 0 Å². The molecule has 0 fully saturated rings. The van der Waals surface area contributed by atoms with Crippen LogP contribution in [0, 0.1) is 20.8 Å². The van der Waals surface area contributed by atoms with E-state index in [1.54, 1.807) is 19.0 Å². The van der Waals surface area contributed by atoms with Gasteiger partial charge in [-0.25, -0.2) is 4.98 Å². The molecule has 4 rings (SSSR count). The molecule has 1 aliphatic heterocycles. The van der Waals surface area contributed by atoms with Gasteiger partial charge in [0.25, 0.3) is 5.91 Å². The van der Waals surface area contributed by atoms with Crippen LogP contribution in [0.15, 0.2) is 30.5 Å². The zero-order valence-electron chi connectivity index (χ0n) is 17.0. The number of pyridine rings is 1. The number of nitrogens with zero attached hydrogens (tertiary/aromatic N) is 3. The van der Waals surface area contributed by atoms with Crippen molar-refractivity contribution in [1.29, 1.82) is 0 Å². The first-order valence-corrected chi connectivity index (χ1v) is 9.56. The van der Waals surface area contributed by atoms with Gasteiger partial charge in [-0.2, -0.15) is 0 Å². The van der Waals surface area contributed by atoms with Crippen LogP contribution < -0.4 is 10.1 Å². The maximum Gasteiger partial charge on any atom is 0.254 e. The van der Waals surface area contributed by atoms with Crippen molar-refractivity contribution in [3.63, 3.8) is 0 Å². The van der Waals surface area contributed by atoms with Crippen LogP contribution in [0.3, 0.4) is 0 Å². The summed E-state index contributed by atoms with van der Waals surface area (Å²) in [6.45, 7) is 6.78. The fourth-order valence-corrected chi connectivity index (χ4v) is 3.84. The number of nitrogens with one attached hydrogen (secondary N) is 1. The molecule has 1 unspecified atom stereocenters. The zero-order chi connectivity index (χ0) is 20.0. The van der Waals surface area contributed by atoms with Crippen LogP contribution in [0.1, 0.15) is 45.3 Å². The van der Waals surface area contributed by atoms with Gasteiger partial charge in [-0.05, 0) is 38.5 Å². The van der Waals surface area contributed by atoms with Crippen molar-refractivity contribution >= 4 is 17.2 Å². The van der Waals surface area contributed by atoms with Crippen molar-refractivity contribution in [3.05, 3.63) is 58.5 Å². The van der Waals surface area contributed by atoms with Crippen LogP contribution in [0.4, 0.5) is 5.69 Å². The highest BCUT2D eigenvalue weighted by molar-refractivity contribution is 5.95. The van der Waals surface area contributed by atoms with Gasteiger partial charge in [0.05, 0.1) is 29.6 Å². The van der Waals surface area contributed by atoms with E-state index in [1.165, 1.54) is 11.1 Å². The number of imidazole rings is 1. The summed E-state index contributed by atoms with van der Waals surface area (Å²) in [5.41, 5.74) is 6.71. The van der Waals surface area contributed by atoms with Gasteiger partial charge in [-0.3, -0.25) is 4.79 Å². The lowest BCUT2D eigenvalue weighted by Crippen LogP contribution is -2.24. The molecular formula is C22H26N4O2. The van der Waals surface area contributed by atoms with Crippen LogP contribution in [0.25, 0.3) is 5.65 Å². The molecule has 1 atom stereocenters. The van der Waals surface area contributed by atoms with Crippen molar-refractivity contribution < 1.29 is 9.53 Å². The number of benzene rings is 1. The van der Waals surface area contributed by atoms with Crippen LogP contribution >= 0.6 is 0 Å². The minimum atomic E-state index is -0.0285. The van der Waals surface area contributed by atoms with Gasteiger partial charge in [-0.15, -0.1) is 0 Å². The molecule has 1 aliphatic rings. The molecule has 0 saturated heterocycles. The van der Waals surface area contributed by atoms with Crippen molar-refractivity contribution in [2.24, 2.45) is 0 Å². The summed E-state index contributed by atoms with van der Waals surface area (Å²) in [5, 5.41) is 3.66. The first-order valence-electron chi connectivity index (χ1n) is 9.56. The second kappa shape index (κ2) is 6.86. The molecule has 6 heteroatoms. The second-order valence-corrected chi connectivity index (χ2v) is 7.64. The summed E-state index contributed by atoms with van der Waals surface area (Å²) in [4.78, 5) is 19.0. The number of hydrogen-bond acceptors (Lipinski definition) is 4. The normalized spacial score (nSPS) is 15.8. The average Bonchev–Trinajstić information content (AvgIpc) is 2.96. The third-order valence-electron chi connectivity index (χ3n) is 5.48. The van der Waals surface area contributed by atoms with Crippen LogP contribution in [0.2, 0.25) is 0 Å². The number of fused-ring (bicyclic) bond motifs is 2. The first-order chi connectivity index (χ1) is 13.4. The van der Waals surface area contributed by atoms with Crippen molar-refractivity contribution in [3.8, 4) is 5.75 Å². The summed E-state index contributed by atoms with van der Waals surface area (Å²) in [6.07, 6.45) is 2.73.